The molecule has 7 nitrogen and oxygen atoms in total. The van der Waals surface area contributed by atoms with Crippen LogP contribution in [-0.2, 0) is 22.4 Å². The molecule has 3 atom stereocenters. The quantitative estimate of drug-likeness (QED) is 0.166. The van der Waals surface area contributed by atoms with Crippen LogP contribution < -0.4 is 5.32 Å². The number of hydrogen-bond donors (Lipinski definition) is 2. The number of aryl methyl sites for hydroxylation is 1. The summed E-state index contributed by atoms with van der Waals surface area (Å²) in [5.74, 6) is -1.56. The summed E-state index contributed by atoms with van der Waals surface area (Å²) >= 11 is 0. The lowest BCUT2D eigenvalue weighted by atomic mass is 9.75. The van der Waals surface area contributed by atoms with Crippen LogP contribution in [0.5, 0.6) is 0 Å². The third-order valence-corrected chi connectivity index (χ3v) is 11.6. The van der Waals surface area contributed by atoms with E-state index in [0.717, 1.165) is 57.8 Å². The standard InChI is InChI=1S/C41H47F3N4O3/c1-40(24-30-15-16-31(25-40)48(30)26-41(42,43)44)39(51)46-36(38(49)50)23-29-9-5-11-33-32(29)10-6-12-34(33)37-35-22-27(13-14-28(35)17-18-45-37)8-7-21-47-19-3-2-4-20-47/h5-6,9-14,17-18,22,30-31,36H,2-4,7-8,15-16,19-21,23-26H2,1H3,(H,46,51)(H,49,50). The SMILES string of the molecule is CC1(C(=O)NC(Cc2cccc3c(-c4nccc5ccc(CCCN6CCCCC6)cc45)cccc23)C(=O)O)CC2CCC(C1)N2CC(F)(F)F. The van der Waals surface area contributed by atoms with Crippen molar-refractivity contribution in [3.05, 3.63) is 78.0 Å². The molecule has 0 radical (unpaired) electrons. The molecular formula is C41H47F3N4O3. The maximum Gasteiger partial charge on any atom is 0.401 e. The van der Waals surface area contributed by atoms with Gasteiger partial charge in [0, 0.05) is 41.1 Å². The summed E-state index contributed by atoms with van der Waals surface area (Å²) in [4.78, 5) is 35.2. The number of nitrogens with one attached hydrogen (secondary N) is 1. The van der Waals surface area contributed by atoms with Crippen LogP contribution in [-0.4, -0.2) is 82.2 Å². The average Bonchev–Trinajstić information content (AvgIpc) is 3.33. The van der Waals surface area contributed by atoms with Gasteiger partial charge in [0.25, 0.3) is 0 Å². The Morgan fingerprint density at radius 1 is 0.961 bits per heavy atom. The van der Waals surface area contributed by atoms with Crippen LogP contribution in [0.1, 0.15) is 69.4 Å². The van der Waals surface area contributed by atoms with Crippen molar-refractivity contribution in [2.24, 2.45) is 5.41 Å². The van der Waals surface area contributed by atoms with Gasteiger partial charge in [-0.2, -0.15) is 13.2 Å². The van der Waals surface area contributed by atoms with Crippen molar-refractivity contribution in [1.29, 1.82) is 0 Å². The second kappa shape index (κ2) is 14.5. The largest absolute Gasteiger partial charge is 0.480 e. The first kappa shape index (κ1) is 35.4. The number of carbonyl (C=O) groups is 2. The van der Waals surface area contributed by atoms with Crippen LogP contribution in [0.15, 0.2) is 66.9 Å². The molecule has 270 valence electrons. The minimum absolute atomic E-state index is 0.0646. The number of piperidine rings is 2. The normalized spacial score (nSPS) is 23.5. The zero-order valence-electron chi connectivity index (χ0n) is 29.2. The summed E-state index contributed by atoms with van der Waals surface area (Å²) in [6.07, 6.45) is 5.37. The zero-order chi connectivity index (χ0) is 35.8. The molecule has 2 N–H and O–H groups in total. The van der Waals surface area contributed by atoms with E-state index >= 15 is 0 Å². The van der Waals surface area contributed by atoms with Crippen LogP contribution in [0, 0.1) is 5.41 Å². The molecule has 1 amide bonds. The van der Waals surface area contributed by atoms with E-state index in [-0.39, 0.29) is 31.3 Å². The van der Waals surface area contributed by atoms with Crippen molar-refractivity contribution in [2.45, 2.75) is 95.4 Å². The molecule has 7 rings (SSSR count). The fourth-order valence-corrected chi connectivity index (χ4v) is 9.01. The first-order valence-corrected chi connectivity index (χ1v) is 18.4. The summed E-state index contributed by atoms with van der Waals surface area (Å²) in [7, 11) is 0. The van der Waals surface area contributed by atoms with E-state index < -0.39 is 36.1 Å². The van der Waals surface area contributed by atoms with Gasteiger partial charge in [-0.3, -0.25) is 14.7 Å². The van der Waals surface area contributed by atoms with Gasteiger partial charge in [-0.05, 0) is 110 Å². The molecule has 51 heavy (non-hydrogen) atoms. The van der Waals surface area contributed by atoms with Crippen molar-refractivity contribution in [3.63, 3.8) is 0 Å². The number of carbonyl (C=O) groups excluding carboxylic acids is 1. The Balaban J connectivity index is 1.10. The molecule has 3 aliphatic heterocycles. The molecule has 4 heterocycles. The number of nitrogens with zero attached hydrogens (tertiary/aromatic N) is 3. The number of benzene rings is 3. The number of hydrogen-bond acceptors (Lipinski definition) is 5. The van der Waals surface area contributed by atoms with Gasteiger partial charge >= 0.3 is 12.1 Å². The van der Waals surface area contributed by atoms with E-state index in [1.165, 1.54) is 42.8 Å². The van der Waals surface area contributed by atoms with Crippen LogP contribution in [0.4, 0.5) is 13.2 Å². The number of rotatable bonds is 11. The van der Waals surface area contributed by atoms with Crippen LogP contribution in [0.2, 0.25) is 0 Å². The molecule has 4 aromatic rings. The van der Waals surface area contributed by atoms with Crippen LogP contribution in [0.3, 0.4) is 0 Å². The molecule has 0 spiro atoms. The first-order chi connectivity index (χ1) is 24.5. The zero-order valence-corrected chi connectivity index (χ0v) is 29.2. The molecule has 2 bridgehead atoms. The molecule has 3 aromatic carbocycles. The molecule has 3 aliphatic rings. The van der Waals surface area contributed by atoms with E-state index in [1.54, 1.807) is 6.92 Å². The lowest BCUT2D eigenvalue weighted by Crippen LogP contribution is -2.56. The lowest BCUT2D eigenvalue weighted by molar-refractivity contribution is -0.162. The molecule has 3 unspecified atom stereocenters. The van der Waals surface area contributed by atoms with Gasteiger partial charge in [-0.25, -0.2) is 4.79 Å². The van der Waals surface area contributed by atoms with E-state index in [9.17, 15) is 27.9 Å². The molecule has 0 aliphatic carbocycles. The van der Waals surface area contributed by atoms with Crippen LogP contribution >= 0.6 is 0 Å². The number of aromatic nitrogens is 1. The predicted molar refractivity (Wildman–Crippen MR) is 193 cm³/mol. The lowest BCUT2D eigenvalue weighted by Gasteiger charge is -2.44. The maximum absolute atomic E-state index is 13.7. The van der Waals surface area contributed by atoms with Crippen molar-refractivity contribution in [2.75, 3.05) is 26.2 Å². The number of pyridine rings is 1. The topological polar surface area (TPSA) is 85.8 Å². The van der Waals surface area contributed by atoms with Gasteiger partial charge in [0.05, 0.1) is 12.2 Å². The minimum atomic E-state index is -4.30. The van der Waals surface area contributed by atoms with Gasteiger partial charge < -0.3 is 15.3 Å². The Morgan fingerprint density at radius 2 is 1.69 bits per heavy atom. The summed E-state index contributed by atoms with van der Waals surface area (Å²) in [6, 6.07) is 18.6. The number of fused-ring (bicyclic) bond motifs is 4. The average molecular weight is 701 g/mol. The fraction of sp³-hybridized carbons (Fsp3) is 0.488. The smallest absolute Gasteiger partial charge is 0.401 e. The fourth-order valence-electron chi connectivity index (χ4n) is 9.01. The molecule has 10 heteroatoms. The molecule has 3 saturated heterocycles. The number of carboxylic acids is 1. The molecule has 3 fully saturated rings. The monoisotopic (exact) mass is 700 g/mol. The number of likely N-dealkylation sites (tertiary alicyclic amines) is 1. The van der Waals surface area contributed by atoms with E-state index in [1.807, 2.05) is 48.7 Å². The number of halogens is 3. The highest BCUT2D eigenvalue weighted by Crippen LogP contribution is 2.46. The third-order valence-electron chi connectivity index (χ3n) is 11.6. The number of alkyl halides is 3. The Hall–Kier alpha value is -4.02. The molecular weight excluding hydrogens is 653 g/mol. The van der Waals surface area contributed by atoms with Gasteiger partial charge in [0.15, 0.2) is 0 Å². The van der Waals surface area contributed by atoms with Gasteiger partial charge in [-0.1, -0.05) is 61.9 Å². The summed E-state index contributed by atoms with van der Waals surface area (Å²) in [6.45, 7) is 4.29. The van der Waals surface area contributed by atoms with Crippen molar-refractivity contribution >= 4 is 33.4 Å². The predicted octanol–water partition coefficient (Wildman–Crippen LogP) is 7.78. The minimum Gasteiger partial charge on any atom is -0.480 e. The number of amides is 1. The highest BCUT2D eigenvalue weighted by molar-refractivity contribution is 6.05. The summed E-state index contributed by atoms with van der Waals surface area (Å²) in [5.41, 5.74) is 2.94. The van der Waals surface area contributed by atoms with Gasteiger partial charge in [0.1, 0.15) is 6.04 Å². The summed E-state index contributed by atoms with van der Waals surface area (Å²) in [5, 5.41) is 17.1. The second-order valence-corrected chi connectivity index (χ2v) is 15.2. The Labute approximate surface area is 297 Å². The van der Waals surface area contributed by atoms with E-state index in [0.29, 0.717) is 12.8 Å². The Kier molecular flexibility index (Phi) is 10.1. The van der Waals surface area contributed by atoms with Crippen LogP contribution in [0.25, 0.3) is 32.8 Å². The van der Waals surface area contributed by atoms with E-state index in [2.05, 4.69) is 28.4 Å². The Bertz CT molecular complexity index is 1890. The number of carboxylic acid groups (broad SMARTS) is 1. The van der Waals surface area contributed by atoms with Crippen molar-refractivity contribution in [1.82, 2.24) is 20.1 Å². The maximum atomic E-state index is 13.7. The van der Waals surface area contributed by atoms with Gasteiger partial charge in [0.2, 0.25) is 5.91 Å². The highest BCUT2D eigenvalue weighted by Gasteiger charge is 2.52. The third kappa shape index (κ3) is 7.77. The van der Waals surface area contributed by atoms with Crippen molar-refractivity contribution < 1.29 is 27.9 Å². The highest BCUT2D eigenvalue weighted by atomic mass is 19.4. The number of aliphatic carboxylic acids is 1. The molecule has 0 saturated carbocycles. The van der Waals surface area contributed by atoms with Gasteiger partial charge in [-0.15, -0.1) is 0 Å². The first-order valence-electron chi connectivity index (χ1n) is 18.4. The second-order valence-electron chi connectivity index (χ2n) is 15.2. The summed E-state index contributed by atoms with van der Waals surface area (Å²) < 4.78 is 39.8. The molecule has 1 aromatic heterocycles. The van der Waals surface area contributed by atoms with E-state index in [4.69, 9.17) is 4.98 Å². The van der Waals surface area contributed by atoms with Crippen molar-refractivity contribution in [3.8, 4) is 11.3 Å². The Morgan fingerprint density at radius 3 is 2.41 bits per heavy atom.